The molecule has 0 bridgehead atoms. The van der Waals surface area contributed by atoms with Crippen LogP contribution in [0.1, 0.15) is 23.3 Å². The second kappa shape index (κ2) is 8.32. The lowest BCUT2D eigenvalue weighted by Gasteiger charge is -2.44. The molecule has 1 spiro atoms. The third kappa shape index (κ3) is 4.07. The molecule has 0 amide bonds. The van der Waals surface area contributed by atoms with E-state index in [2.05, 4.69) is 26.9 Å². The largest absolute Gasteiger partial charge is 0.384 e. The van der Waals surface area contributed by atoms with Gasteiger partial charge in [0.05, 0.1) is 36.0 Å². The number of likely N-dealkylation sites (tertiary alicyclic amines) is 1. The van der Waals surface area contributed by atoms with E-state index in [1.54, 1.807) is 0 Å². The van der Waals surface area contributed by atoms with Crippen molar-refractivity contribution < 1.29 is 9.47 Å². The SMILES string of the molecule is Nc1cccc(-c2cc3c(s2)CCOC32CCN(CCN3CCOCC3)CC2)n1. The first-order chi connectivity index (χ1) is 14.2. The van der Waals surface area contributed by atoms with Crippen LogP contribution in [0.25, 0.3) is 10.6 Å². The fourth-order valence-electron chi connectivity index (χ4n) is 4.79. The first-order valence-corrected chi connectivity index (χ1v) is 11.6. The van der Waals surface area contributed by atoms with E-state index >= 15 is 0 Å². The van der Waals surface area contributed by atoms with Crippen molar-refractivity contribution in [3.8, 4) is 10.6 Å². The van der Waals surface area contributed by atoms with Crippen LogP contribution in [0.15, 0.2) is 24.3 Å². The molecular weight excluding hydrogens is 384 g/mol. The Kier molecular flexibility index (Phi) is 5.58. The molecule has 0 radical (unpaired) electrons. The summed E-state index contributed by atoms with van der Waals surface area (Å²) in [4.78, 5) is 12.3. The van der Waals surface area contributed by atoms with Crippen LogP contribution >= 0.6 is 11.3 Å². The van der Waals surface area contributed by atoms with Gasteiger partial charge in [-0.05, 0) is 36.6 Å². The Morgan fingerprint density at radius 1 is 1.03 bits per heavy atom. The predicted octanol–water partition coefficient (Wildman–Crippen LogP) is 2.59. The minimum Gasteiger partial charge on any atom is -0.384 e. The molecule has 156 valence electrons. The van der Waals surface area contributed by atoms with Gasteiger partial charge in [-0.15, -0.1) is 11.3 Å². The Morgan fingerprint density at radius 2 is 1.79 bits per heavy atom. The highest BCUT2D eigenvalue weighted by Gasteiger charge is 2.42. The van der Waals surface area contributed by atoms with Gasteiger partial charge in [0, 0.05) is 50.6 Å². The maximum absolute atomic E-state index is 6.46. The van der Waals surface area contributed by atoms with Gasteiger partial charge in [-0.3, -0.25) is 4.90 Å². The molecule has 3 aliphatic rings. The van der Waals surface area contributed by atoms with Gasteiger partial charge in [0.15, 0.2) is 0 Å². The van der Waals surface area contributed by atoms with Crippen molar-refractivity contribution in [2.75, 3.05) is 64.8 Å². The van der Waals surface area contributed by atoms with Gasteiger partial charge in [-0.25, -0.2) is 4.98 Å². The Morgan fingerprint density at radius 3 is 2.55 bits per heavy atom. The molecule has 6 nitrogen and oxygen atoms in total. The van der Waals surface area contributed by atoms with Crippen LogP contribution in [-0.2, 0) is 21.5 Å². The van der Waals surface area contributed by atoms with Crippen molar-refractivity contribution in [3.63, 3.8) is 0 Å². The monoisotopic (exact) mass is 414 g/mol. The van der Waals surface area contributed by atoms with E-state index in [-0.39, 0.29) is 5.60 Å². The van der Waals surface area contributed by atoms with E-state index in [9.17, 15) is 0 Å². The Labute approximate surface area is 176 Å². The number of hydrogen-bond acceptors (Lipinski definition) is 7. The van der Waals surface area contributed by atoms with Gasteiger partial charge < -0.3 is 20.1 Å². The summed E-state index contributed by atoms with van der Waals surface area (Å²) in [5.41, 5.74) is 8.17. The molecule has 0 saturated carbocycles. The van der Waals surface area contributed by atoms with Crippen LogP contribution in [0.2, 0.25) is 0 Å². The number of anilines is 1. The molecule has 7 heteroatoms. The zero-order valence-corrected chi connectivity index (χ0v) is 17.8. The smallest absolute Gasteiger partial charge is 0.124 e. The molecule has 5 rings (SSSR count). The van der Waals surface area contributed by atoms with Crippen LogP contribution in [0, 0.1) is 0 Å². The standard InChI is InChI=1S/C22H30N4O2S/c23-21-3-1-2-18(24-21)20-16-17-19(29-20)4-13-28-22(17)5-7-25(8-6-22)9-10-26-11-14-27-15-12-26/h1-3,16H,4-15H2,(H2,23,24). The van der Waals surface area contributed by atoms with E-state index in [4.69, 9.17) is 15.2 Å². The number of ether oxygens (including phenoxy) is 2. The van der Waals surface area contributed by atoms with Gasteiger partial charge in [0.25, 0.3) is 0 Å². The second-order valence-electron chi connectivity index (χ2n) is 8.28. The third-order valence-corrected chi connectivity index (χ3v) is 7.75. The molecule has 2 fully saturated rings. The number of nitrogens with two attached hydrogens (primary N) is 1. The predicted molar refractivity (Wildman–Crippen MR) is 116 cm³/mol. The number of pyridine rings is 1. The number of morpholine rings is 1. The molecule has 29 heavy (non-hydrogen) atoms. The summed E-state index contributed by atoms with van der Waals surface area (Å²) in [6.07, 6.45) is 3.15. The fourth-order valence-corrected chi connectivity index (χ4v) is 5.99. The summed E-state index contributed by atoms with van der Waals surface area (Å²) in [7, 11) is 0. The number of hydrogen-bond donors (Lipinski definition) is 1. The summed E-state index contributed by atoms with van der Waals surface area (Å²) in [6.45, 7) is 9.21. The van der Waals surface area contributed by atoms with Crippen LogP contribution in [-0.4, -0.2) is 73.9 Å². The highest BCUT2D eigenvalue weighted by molar-refractivity contribution is 7.15. The molecule has 0 unspecified atom stereocenters. The van der Waals surface area contributed by atoms with E-state index < -0.39 is 0 Å². The third-order valence-electron chi connectivity index (χ3n) is 6.53. The van der Waals surface area contributed by atoms with Crippen LogP contribution in [0.5, 0.6) is 0 Å². The Balaban J connectivity index is 1.27. The summed E-state index contributed by atoms with van der Waals surface area (Å²) < 4.78 is 11.9. The number of piperidine rings is 1. The number of aromatic nitrogens is 1. The maximum Gasteiger partial charge on any atom is 0.124 e. The number of nitrogen functional groups attached to an aromatic ring is 1. The van der Waals surface area contributed by atoms with Crippen molar-refractivity contribution in [1.82, 2.24) is 14.8 Å². The molecule has 2 saturated heterocycles. The van der Waals surface area contributed by atoms with Gasteiger partial charge in [0.1, 0.15) is 5.82 Å². The minimum atomic E-state index is -0.113. The number of nitrogens with zero attached hydrogens (tertiary/aromatic N) is 3. The van der Waals surface area contributed by atoms with Crippen molar-refractivity contribution >= 4 is 17.2 Å². The second-order valence-corrected chi connectivity index (χ2v) is 9.42. The first-order valence-electron chi connectivity index (χ1n) is 10.7. The first kappa shape index (κ1) is 19.5. The lowest BCUT2D eigenvalue weighted by molar-refractivity contribution is -0.0978. The topological polar surface area (TPSA) is 63.9 Å². The van der Waals surface area contributed by atoms with E-state index in [0.717, 1.165) is 84.0 Å². The van der Waals surface area contributed by atoms with Crippen molar-refractivity contribution in [2.24, 2.45) is 0 Å². The molecule has 2 aromatic heterocycles. The van der Waals surface area contributed by atoms with Gasteiger partial charge in [-0.2, -0.15) is 0 Å². The zero-order chi connectivity index (χ0) is 19.7. The van der Waals surface area contributed by atoms with Crippen LogP contribution in [0.3, 0.4) is 0 Å². The number of fused-ring (bicyclic) bond motifs is 2. The normalized spacial score (nSPS) is 22.6. The molecule has 2 aromatic rings. The number of rotatable bonds is 4. The van der Waals surface area contributed by atoms with E-state index in [0.29, 0.717) is 5.82 Å². The summed E-state index contributed by atoms with van der Waals surface area (Å²) in [5.74, 6) is 0.577. The highest BCUT2D eigenvalue weighted by atomic mass is 32.1. The Hall–Kier alpha value is -1.51. The quantitative estimate of drug-likeness (QED) is 0.830. The summed E-state index contributed by atoms with van der Waals surface area (Å²) in [5, 5.41) is 0. The summed E-state index contributed by atoms with van der Waals surface area (Å²) >= 11 is 1.86. The van der Waals surface area contributed by atoms with Crippen LogP contribution < -0.4 is 5.73 Å². The average molecular weight is 415 g/mol. The van der Waals surface area contributed by atoms with Crippen molar-refractivity contribution in [2.45, 2.75) is 24.9 Å². The average Bonchev–Trinajstić information content (AvgIpc) is 3.20. The lowest BCUT2D eigenvalue weighted by Crippen LogP contribution is -2.48. The Bertz CT molecular complexity index is 841. The fraction of sp³-hybridized carbons (Fsp3) is 0.591. The van der Waals surface area contributed by atoms with Crippen molar-refractivity contribution in [1.29, 1.82) is 0 Å². The van der Waals surface area contributed by atoms with Gasteiger partial charge in [0.2, 0.25) is 0 Å². The maximum atomic E-state index is 6.46. The molecule has 0 atom stereocenters. The lowest BCUT2D eigenvalue weighted by atomic mass is 9.82. The van der Waals surface area contributed by atoms with Gasteiger partial charge in [-0.1, -0.05) is 6.07 Å². The highest BCUT2D eigenvalue weighted by Crippen LogP contribution is 2.46. The zero-order valence-electron chi connectivity index (χ0n) is 16.9. The minimum absolute atomic E-state index is 0.113. The van der Waals surface area contributed by atoms with Crippen LogP contribution in [0.4, 0.5) is 5.82 Å². The van der Waals surface area contributed by atoms with Crippen molar-refractivity contribution in [3.05, 3.63) is 34.7 Å². The molecule has 2 N–H and O–H groups in total. The number of thiophene rings is 1. The summed E-state index contributed by atoms with van der Waals surface area (Å²) in [6, 6.07) is 8.20. The van der Waals surface area contributed by atoms with Gasteiger partial charge >= 0.3 is 0 Å². The molecule has 0 aromatic carbocycles. The van der Waals surface area contributed by atoms with E-state index in [1.807, 2.05) is 23.5 Å². The molecule has 0 aliphatic carbocycles. The molecule has 3 aliphatic heterocycles. The molecular formula is C22H30N4O2S. The molecule has 5 heterocycles. The van der Waals surface area contributed by atoms with E-state index in [1.165, 1.54) is 15.3 Å².